The van der Waals surface area contributed by atoms with E-state index in [1.165, 1.54) is 0 Å². The molecule has 4 heteroatoms. The van der Waals surface area contributed by atoms with E-state index in [4.69, 9.17) is 0 Å². The summed E-state index contributed by atoms with van der Waals surface area (Å²) in [6.45, 7) is 8.08. The molecule has 2 rings (SSSR count). The van der Waals surface area contributed by atoms with Crippen LogP contribution in [0.25, 0.3) is 0 Å². The highest BCUT2D eigenvalue weighted by Crippen LogP contribution is 2.55. The zero-order valence-corrected chi connectivity index (χ0v) is 14.2. The number of rotatable bonds is 2. The van der Waals surface area contributed by atoms with Crippen molar-refractivity contribution in [3.63, 3.8) is 0 Å². The summed E-state index contributed by atoms with van der Waals surface area (Å²) in [6.07, 6.45) is -1.82. The average Bonchev–Trinajstić information content (AvgIpc) is 2.42. The molecular formula is C18H30F4. The maximum atomic E-state index is 15.5. The fraction of sp³-hybridized carbons (Fsp3) is 1.00. The van der Waals surface area contributed by atoms with Gasteiger partial charge >= 0.3 is 6.18 Å². The SMILES string of the molecule is CC1CCC(C(F)(C2CCC(C)C(C)C2)C(F)(F)F)CC1C. The minimum atomic E-state index is -4.75. The molecule has 0 aromatic rings. The minimum Gasteiger partial charge on any atom is -0.233 e. The molecule has 0 N–H and O–H groups in total. The molecule has 2 aliphatic carbocycles. The van der Waals surface area contributed by atoms with E-state index >= 15 is 4.39 Å². The van der Waals surface area contributed by atoms with Crippen LogP contribution in [0.3, 0.4) is 0 Å². The van der Waals surface area contributed by atoms with Gasteiger partial charge in [0.15, 0.2) is 0 Å². The molecule has 2 saturated carbocycles. The van der Waals surface area contributed by atoms with Crippen LogP contribution in [0.4, 0.5) is 17.6 Å². The van der Waals surface area contributed by atoms with Crippen molar-refractivity contribution in [1.29, 1.82) is 0 Å². The molecule has 0 amide bonds. The van der Waals surface area contributed by atoms with Gasteiger partial charge in [-0.15, -0.1) is 0 Å². The van der Waals surface area contributed by atoms with Crippen LogP contribution in [0.2, 0.25) is 0 Å². The normalized spacial score (nSPS) is 43.6. The predicted molar refractivity (Wildman–Crippen MR) is 81.2 cm³/mol. The molecule has 0 heterocycles. The summed E-state index contributed by atoms with van der Waals surface area (Å²) >= 11 is 0. The molecule has 6 unspecified atom stereocenters. The summed E-state index contributed by atoms with van der Waals surface area (Å²) in [4.78, 5) is 0. The summed E-state index contributed by atoms with van der Waals surface area (Å²) in [5.41, 5.74) is -2.99. The molecule has 130 valence electrons. The van der Waals surface area contributed by atoms with Crippen LogP contribution in [-0.2, 0) is 0 Å². The number of hydrogen-bond acceptors (Lipinski definition) is 0. The smallest absolute Gasteiger partial charge is 0.233 e. The molecular weight excluding hydrogens is 292 g/mol. The second-order valence-electron chi connectivity index (χ2n) is 8.19. The summed E-state index contributed by atoms with van der Waals surface area (Å²) in [5, 5.41) is 0. The molecule has 22 heavy (non-hydrogen) atoms. The van der Waals surface area contributed by atoms with Crippen molar-refractivity contribution in [1.82, 2.24) is 0 Å². The highest BCUT2D eigenvalue weighted by Gasteiger charge is 2.65. The van der Waals surface area contributed by atoms with Crippen molar-refractivity contribution in [3.8, 4) is 0 Å². The summed E-state index contributed by atoms with van der Waals surface area (Å²) in [6, 6.07) is 0. The lowest BCUT2D eigenvalue weighted by atomic mass is 9.61. The van der Waals surface area contributed by atoms with Crippen LogP contribution in [0, 0.1) is 35.5 Å². The average molecular weight is 322 g/mol. The van der Waals surface area contributed by atoms with Crippen LogP contribution in [0.15, 0.2) is 0 Å². The van der Waals surface area contributed by atoms with Gasteiger partial charge in [0.2, 0.25) is 5.67 Å². The Morgan fingerprint density at radius 1 is 0.591 bits per heavy atom. The molecule has 0 spiro atoms. The number of alkyl halides is 4. The van der Waals surface area contributed by atoms with Crippen molar-refractivity contribution in [2.45, 2.75) is 78.1 Å². The molecule has 0 nitrogen and oxygen atoms in total. The third kappa shape index (κ3) is 3.17. The van der Waals surface area contributed by atoms with Crippen LogP contribution in [0.1, 0.15) is 66.2 Å². The van der Waals surface area contributed by atoms with Crippen molar-refractivity contribution < 1.29 is 17.6 Å². The van der Waals surface area contributed by atoms with Gasteiger partial charge in [-0.25, -0.2) is 4.39 Å². The fourth-order valence-electron chi connectivity index (χ4n) is 4.65. The Labute approximate surface area is 132 Å². The Morgan fingerprint density at radius 3 is 1.23 bits per heavy atom. The lowest BCUT2D eigenvalue weighted by Gasteiger charge is -2.48. The van der Waals surface area contributed by atoms with Gasteiger partial charge in [-0.05, 0) is 49.4 Å². The standard InChI is InChI=1S/C18H30F4/c1-11-5-7-15(9-13(11)3)17(19,18(20,21)22)16-8-6-12(2)14(4)10-16/h11-16H,5-10H2,1-4H3. The van der Waals surface area contributed by atoms with E-state index in [1.807, 2.05) is 13.8 Å². The van der Waals surface area contributed by atoms with E-state index in [0.29, 0.717) is 50.4 Å². The lowest BCUT2D eigenvalue weighted by molar-refractivity contribution is -0.278. The van der Waals surface area contributed by atoms with Gasteiger partial charge < -0.3 is 0 Å². The Balaban J connectivity index is 2.25. The maximum absolute atomic E-state index is 15.5. The van der Waals surface area contributed by atoms with Gasteiger partial charge in [0.25, 0.3) is 0 Å². The topological polar surface area (TPSA) is 0 Å². The zero-order chi connectivity index (χ0) is 16.7. The van der Waals surface area contributed by atoms with Crippen LogP contribution < -0.4 is 0 Å². The molecule has 0 aromatic carbocycles. The highest BCUT2D eigenvalue weighted by atomic mass is 19.4. The third-order valence-electron chi connectivity index (χ3n) is 6.82. The van der Waals surface area contributed by atoms with E-state index in [0.717, 1.165) is 0 Å². The van der Waals surface area contributed by atoms with E-state index in [2.05, 4.69) is 13.8 Å². The lowest BCUT2D eigenvalue weighted by Crippen LogP contribution is -2.56. The quantitative estimate of drug-likeness (QED) is 0.516. The van der Waals surface area contributed by atoms with Gasteiger partial charge in [0.1, 0.15) is 0 Å². The van der Waals surface area contributed by atoms with Crippen LogP contribution in [0.5, 0.6) is 0 Å². The summed E-state index contributed by atoms with van der Waals surface area (Å²) < 4.78 is 56.8. The number of halogens is 4. The molecule has 2 aliphatic rings. The van der Waals surface area contributed by atoms with Crippen molar-refractivity contribution in [2.75, 3.05) is 0 Å². The Bertz CT molecular complexity index is 350. The first-order valence-corrected chi connectivity index (χ1v) is 8.83. The van der Waals surface area contributed by atoms with Gasteiger partial charge in [-0.3, -0.25) is 0 Å². The van der Waals surface area contributed by atoms with E-state index in [-0.39, 0.29) is 11.8 Å². The largest absolute Gasteiger partial charge is 0.423 e. The zero-order valence-electron chi connectivity index (χ0n) is 14.2. The van der Waals surface area contributed by atoms with Gasteiger partial charge in [-0.1, -0.05) is 40.5 Å². The molecule has 0 saturated heterocycles. The highest BCUT2D eigenvalue weighted by molar-refractivity contribution is 5.02. The second kappa shape index (κ2) is 6.32. The van der Waals surface area contributed by atoms with E-state index in [1.54, 1.807) is 0 Å². The second-order valence-corrected chi connectivity index (χ2v) is 8.19. The first-order chi connectivity index (χ1) is 10.1. The Hall–Kier alpha value is -0.280. The first-order valence-electron chi connectivity index (χ1n) is 8.83. The number of hydrogen-bond donors (Lipinski definition) is 0. The van der Waals surface area contributed by atoms with E-state index in [9.17, 15) is 13.2 Å². The van der Waals surface area contributed by atoms with E-state index < -0.39 is 23.7 Å². The maximum Gasteiger partial charge on any atom is 0.423 e. The molecule has 0 aromatic heterocycles. The fourth-order valence-corrected chi connectivity index (χ4v) is 4.65. The first kappa shape index (κ1) is 18.1. The molecule has 2 fully saturated rings. The minimum absolute atomic E-state index is 0.177. The van der Waals surface area contributed by atoms with Crippen LogP contribution in [-0.4, -0.2) is 11.8 Å². The Kier molecular flexibility index (Phi) is 5.19. The van der Waals surface area contributed by atoms with Gasteiger partial charge in [-0.2, -0.15) is 13.2 Å². The van der Waals surface area contributed by atoms with Crippen LogP contribution >= 0.6 is 0 Å². The molecule has 6 atom stereocenters. The van der Waals surface area contributed by atoms with Gasteiger partial charge in [0, 0.05) is 11.8 Å². The van der Waals surface area contributed by atoms with Crippen molar-refractivity contribution in [3.05, 3.63) is 0 Å². The summed E-state index contributed by atoms with van der Waals surface area (Å²) in [7, 11) is 0. The molecule has 0 radical (unpaired) electrons. The third-order valence-corrected chi connectivity index (χ3v) is 6.82. The Morgan fingerprint density at radius 2 is 0.955 bits per heavy atom. The predicted octanol–water partition coefficient (Wildman–Crippen LogP) is 6.40. The summed E-state index contributed by atoms with van der Waals surface area (Å²) in [5.74, 6) is -0.556. The molecule has 0 bridgehead atoms. The van der Waals surface area contributed by atoms with Crippen molar-refractivity contribution in [2.24, 2.45) is 35.5 Å². The van der Waals surface area contributed by atoms with Crippen molar-refractivity contribution >= 4 is 0 Å². The van der Waals surface area contributed by atoms with Gasteiger partial charge in [0.05, 0.1) is 0 Å². The monoisotopic (exact) mass is 322 g/mol. The molecule has 0 aliphatic heterocycles.